The van der Waals surface area contributed by atoms with E-state index in [1.165, 1.54) is 51.0 Å². The van der Waals surface area contributed by atoms with E-state index in [1.54, 1.807) is 0 Å². The van der Waals surface area contributed by atoms with E-state index >= 15 is 0 Å². The third-order valence-electron chi connectivity index (χ3n) is 8.07. The SMILES string of the molecule is FCCCCCCCC1CCC(C2CCC(c3ccc(OC(F)(F)C(F)(F)F)c(F)c3)CC2)CC1. The lowest BCUT2D eigenvalue weighted by atomic mass is 9.68. The summed E-state index contributed by atoms with van der Waals surface area (Å²) in [6, 6.07) is 3.31. The molecular formula is C27H37F7O. The van der Waals surface area contributed by atoms with Crippen molar-refractivity contribution in [2.75, 3.05) is 6.67 Å². The second-order valence-electron chi connectivity index (χ2n) is 10.4. The summed E-state index contributed by atoms with van der Waals surface area (Å²) in [5.74, 6) is -0.0564. The van der Waals surface area contributed by atoms with E-state index < -0.39 is 23.9 Å². The summed E-state index contributed by atoms with van der Waals surface area (Å²) in [6.07, 6.45) is 3.97. The largest absolute Gasteiger partial charge is 0.499 e. The molecule has 0 spiro atoms. The molecule has 200 valence electrons. The predicted molar refractivity (Wildman–Crippen MR) is 122 cm³/mol. The molecule has 0 unspecified atom stereocenters. The zero-order valence-electron chi connectivity index (χ0n) is 20.2. The van der Waals surface area contributed by atoms with Crippen molar-refractivity contribution in [2.24, 2.45) is 17.8 Å². The lowest BCUT2D eigenvalue weighted by molar-refractivity contribution is -0.361. The van der Waals surface area contributed by atoms with Crippen molar-refractivity contribution >= 4 is 0 Å². The van der Waals surface area contributed by atoms with Crippen molar-refractivity contribution < 1.29 is 35.5 Å². The molecule has 2 aliphatic rings. The summed E-state index contributed by atoms with van der Waals surface area (Å²) in [5, 5.41) is 0. The van der Waals surface area contributed by atoms with Crippen LogP contribution in [0.4, 0.5) is 30.7 Å². The van der Waals surface area contributed by atoms with Crippen LogP contribution < -0.4 is 4.74 Å². The van der Waals surface area contributed by atoms with Gasteiger partial charge in [0.2, 0.25) is 0 Å². The van der Waals surface area contributed by atoms with Crippen LogP contribution in [-0.2, 0) is 0 Å². The molecule has 1 nitrogen and oxygen atoms in total. The summed E-state index contributed by atoms with van der Waals surface area (Å²) in [5.41, 5.74) is 0.624. The average Bonchev–Trinajstić information content (AvgIpc) is 2.82. The van der Waals surface area contributed by atoms with Crippen LogP contribution in [-0.4, -0.2) is 19.0 Å². The molecule has 0 bridgehead atoms. The van der Waals surface area contributed by atoms with Gasteiger partial charge in [0, 0.05) is 0 Å². The number of halogens is 7. The minimum absolute atomic E-state index is 0.0756. The Labute approximate surface area is 203 Å². The molecule has 0 amide bonds. The molecule has 0 heterocycles. The van der Waals surface area contributed by atoms with Gasteiger partial charge in [-0.15, -0.1) is 0 Å². The van der Waals surface area contributed by atoms with Crippen molar-refractivity contribution in [3.05, 3.63) is 29.6 Å². The maximum absolute atomic E-state index is 14.3. The van der Waals surface area contributed by atoms with Crippen molar-refractivity contribution in [1.29, 1.82) is 0 Å². The summed E-state index contributed by atoms with van der Waals surface area (Å²) in [4.78, 5) is 0. The Balaban J connectivity index is 1.40. The fourth-order valence-electron chi connectivity index (χ4n) is 5.98. The van der Waals surface area contributed by atoms with Gasteiger partial charge in [-0.25, -0.2) is 4.39 Å². The Morgan fingerprint density at radius 2 is 1.31 bits per heavy atom. The minimum atomic E-state index is -5.91. The number of alkyl halides is 6. The monoisotopic (exact) mass is 510 g/mol. The second-order valence-corrected chi connectivity index (χ2v) is 10.4. The smallest absolute Gasteiger partial charge is 0.423 e. The summed E-state index contributed by atoms with van der Waals surface area (Å²) >= 11 is 0. The van der Waals surface area contributed by atoms with E-state index in [0.29, 0.717) is 23.8 Å². The summed E-state index contributed by atoms with van der Waals surface area (Å²) in [6.45, 7) is -0.211. The average molecular weight is 511 g/mol. The van der Waals surface area contributed by atoms with Crippen LogP contribution in [0.1, 0.15) is 101 Å². The van der Waals surface area contributed by atoms with Crippen molar-refractivity contribution in [3.8, 4) is 5.75 Å². The zero-order chi connectivity index (χ0) is 25.5. The first-order valence-electron chi connectivity index (χ1n) is 13.1. The first-order valence-corrected chi connectivity index (χ1v) is 13.1. The summed E-state index contributed by atoms with van der Waals surface area (Å²) < 4.78 is 93.2. The lowest BCUT2D eigenvalue weighted by Crippen LogP contribution is -2.42. The normalized spacial score (nSPS) is 26.0. The van der Waals surface area contributed by atoms with Gasteiger partial charge in [-0.3, -0.25) is 4.39 Å². The van der Waals surface area contributed by atoms with Crippen LogP contribution in [0, 0.1) is 23.6 Å². The highest BCUT2D eigenvalue weighted by atomic mass is 19.4. The van der Waals surface area contributed by atoms with Crippen LogP contribution >= 0.6 is 0 Å². The molecule has 0 saturated heterocycles. The molecule has 0 aliphatic heterocycles. The Bertz CT molecular complexity index is 763. The van der Waals surface area contributed by atoms with Gasteiger partial charge in [0.1, 0.15) is 0 Å². The van der Waals surface area contributed by atoms with E-state index in [1.807, 2.05) is 0 Å². The van der Waals surface area contributed by atoms with E-state index in [9.17, 15) is 30.7 Å². The fourth-order valence-corrected chi connectivity index (χ4v) is 5.98. The Kier molecular flexibility index (Phi) is 10.2. The molecule has 35 heavy (non-hydrogen) atoms. The molecule has 0 radical (unpaired) electrons. The maximum atomic E-state index is 14.3. The first kappa shape index (κ1) is 28.1. The van der Waals surface area contributed by atoms with Crippen LogP contribution in [0.25, 0.3) is 0 Å². The van der Waals surface area contributed by atoms with Gasteiger partial charge in [0.05, 0.1) is 6.67 Å². The van der Waals surface area contributed by atoms with E-state index in [0.717, 1.165) is 56.6 Å². The Hall–Kier alpha value is -1.47. The number of hydrogen-bond acceptors (Lipinski definition) is 1. The van der Waals surface area contributed by atoms with Crippen molar-refractivity contribution in [1.82, 2.24) is 0 Å². The van der Waals surface area contributed by atoms with Crippen molar-refractivity contribution in [3.63, 3.8) is 0 Å². The minimum Gasteiger partial charge on any atom is -0.423 e. The van der Waals surface area contributed by atoms with Crippen LogP contribution in [0.15, 0.2) is 18.2 Å². The van der Waals surface area contributed by atoms with Gasteiger partial charge < -0.3 is 4.74 Å². The van der Waals surface area contributed by atoms with E-state index in [4.69, 9.17) is 0 Å². The van der Waals surface area contributed by atoms with Crippen LogP contribution in [0.2, 0.25) is 0 Å². The molecule has 1 aromatic carbocycles. The number of hydrogen-bond donors (Lipinski definition) is 0. The molecule has 8 heteroatoms. The van der Waals surface area contributed by atoms with E-state index in [2.05, 4.69) is 4.74 Å². The molecule has 2 fully saturated rings. The molecule has 2 aliphatic carbocycles. The molecular weight excluding hydrogens is 473 g/mol. The molecule has 0 atom stereocenters. The highest BCUT2D eigenvalue weighted by molar-refractivity contribution is 5.32. The number of benzene rings is 1. The zero-order valence-corrected chi connectivity index (χ0v) is 20.2. The molecule has 3 rings (SSSR count). The van der Waals surface area contributed by atoms with Gasteiger partial charge in [-0.05, 0) is 86.3 Å². The molecule has 1 aromatic rings. The fraction of sp³-hybridized carbons (Fsp3) is 0.778. The van der Waals surface area contributed by atoms with Gasteiger partial charge in [-0.2, -0.15) is 22.0 Å². The van der Waals surface area contributed by atoms with E-state index in [-0.39, 0.29) is 12.6 Å². The van der Waals surface area contributed by atoms with Gasteiger partial charge in [-0.1, -0.05) is 51.0 Å². The molecule has 0 aromatic heterocycles. The third-order valence-corrected chi connectivity index (χ3v) is 8.07. The van der Waals surface area contributed by atoms with Gasteiger partial charge >= 0.3 is 12.3 Å². The second kappa shape index (κ2) is 12.7. The predicted octanol–water partition coefficient (Wildman–Crippen LogP) is 9.75. The highest BCUT2D eigenvalue weighted by Gasteiger charge is 2.61. The number of rotatable bonds is 11. The topological polar surface area (TPSA) is 9.23 Å². The van der Waals surface area contributed by atoms with Crippen LogP contribution in [0.5, 0.6) is 5.75 Å². The molecule has 2 saturated carbocycles. The first-order chi connectivity index (χ1) is 16.6. The van der Waals surface area contributed by atoms with Crippen molar-refractivity contribution in [2.45, 2.75) is 108 Å². The highest BCUT2D eigenvalue weighted by Crippen LogP contribution is 2.45. The quantitative estimate of drug-likeness (QED) is 0.213. The van der Waals surface area contributed by atoms with Gasteiger partial charge in [0.15, 0.2) is 11.6 Å². The standard InChI is InChI=1S/C27H37F7O/c28-17-5-3-1-2-4-6-19-7-9-20(10-8-19)21-11-13-22(14-12-21)23-15-16-25(24(29)18-23)35-27(33,34)26(30,31)32/h15-16,18-22H,1-14,17H2. The maximum Gasteiger partial charge on any atom is 0.499 e. The Morgan fingerprint density at radius 1 is 0.743 bits per heavy atom. The number of ether oxygens (including phenoxy) is 1. The third kappa shape index (κ3) is 8.01. The lowest BCUT2D eigenvalue weighted by Gasteiger charge is -2.38. The summed E-state index contributed by atoms with van der Waals surface area (Å²) in [7, 11) is 0. The molecule has 0 N–H and O–H groups in total. The Morgan fingerprint density at radius 3 is 1.89 bits per heavy atom. The van der Waals surface area contributed by atoms with Crippen LogP contribution in [0.3, 0.4) is 0 Å². The number of unbranched alkanes of at least 4 members (excludes halogenated alkanes) is 4. The van der Waals surface area contributed by atoms with Gasteiger partial charge in [0.25, 0.3) is 0 Å².